The van der Waals surface area contributed by atoms with E-state index >= 15 is 0 Å². The minimum atomic E-state index is -3.23. The molecule has 96 valence electrons. The summed E-state index contributed by atoms with van der Waals surface area (Å²) in [4.78, 5) is 0.194. The second kappa shape index (κ2) is 5.03. The van der Waals surface area contributed by atoms with E-state index in [2.05, 4.69) is 21.0 Å². The molecule has 7 heteroatoms. The number of sulfone groups is 1. The van der Waals surface area contributed by atoms with Gasteiger partial charge in [0.15, 0.2) is 9.84 Å². The van der Waals surface area contributed by atoms with Crippen molar-refractivity contribution in [2.75, 3.05) is 6.26 Å². The molecule has 1 aromatic carbocycles. The van der Waals surface area contributed by atoms with Gasteiger partial charge in [0.1, 0.15) is 4.90 Å². The summed E-state index contributed by atoms with van der Waals surface area (Å²) in [6.45, 7) is 0. The molecule has 1 heterocycles. The Labute approximate surface area is 119 Å². The van der Waals surface area contributed by atoms with E-state index < -0.39 is 9.84 Å². The van der Waals surface area contributed by atoms with Crippen LogP contribution in [0.25, 0.3) is 5.69 Å². The number of nitrogens with zero attached hydrogens (tertiary/aromatic N) is 2. The Bertz CT molecular complexity index is 682. The van der Waals surface area contributed by atoms with Crippen molar-refractivity contribution >= 4 is 37.4 Å². The lowest BCUT2D eigenvalue weighted by atomic mass is 10.2. The van der Waals surface area contributed by atoms with Gasteiger partial charge in [0, 0.05) is 22.8 Å². The van der Waals surface area contributed by atoms with Crippen molar-refractivity contribution in [2.45, 2.75) is 10.8 Å². The Morgan fingerprint density at radius 3 is 2.67 bits per heavy atom. The number of hydrogen-bond donors (Lipinski definition) is 0. The van der Waals surface area contributed by atoms with Gasteiger partial charge in [-0.1, -0.05) is 22.0 Å². The number of benzene rings is 1. The number of rotatable bonds is 3. The third kappa shape index (κ3) is 2.76. The van der Waals surface area contributed by atoms with Gasteiger partial charge in [-0.15, -0.1) is 11.6 Å². The predicted molar refractivity (Wildman–Crippen MR) is 73.9 cm³/mol. The summed E-state index contributed by atoms with van der Waals surface area (Å²) in [6, 6.07) is 5.55. The summed E-state index contributed by atoms with van der Waals surface area (Å²) in [5.41, 5.74) is 1.74. The molecular formula is C11H10BrClN2O2S. The van der Waals surface area contributed by atoms with E-state index in [-0.39, 0.29) is 4.90 Å². The molecule has 0 aliphatic carbocycles. The van der Waals surface area contributed by atoms with Crippen molar-refractivity contribution in [3.8, 4) is 5.69 Å². The van der Waals surface area contributed by atoms with E-state index in [1.807, 2.05) is 18.2 Å². The molecule has 2 rings (SSSR count). The first kappa shape index (κ1) is 13.6. The van der Waals surface area contributed by atoms with Gasteiger partial charge in [-0.25, -0.2) is 13.1 Å². The highest BCUT2D eigenvalue weighted by atomic mass is 79.9. The van der Waals surface area contributed by atoms with E-state index in [9.17, 15) is 8.42 Å². The molecule has 0 aliphatic rings. The number of aromatic nitrogens is 2. The maximum absolute atomic E-state index is 11.4. The average molecular weight is 350 g/mol. The van der Waals surface area contributed by atoms with E-state index in [1.54, 1.807) is 0 Å². The maximum Gasteiger partial charge on any atom is 0.178 e. The van der Waals surface area contributed by atoms with Crippen molar-refractivity contribution in [3.63, 3.8) is 0 Å². The molecule has 2 aromatic rings. The molecule has 0 amide bonds. The molecule has 4 nitrogen and oxygen atoms in total. The van der Waals surface area contributed by atoms with Gasteiger partial charge in [0.2, 0.25) is 0 Å². The summed E-state index contributed by atoms with van der Waals surface area (Å²) < 4.78 is 25.1. The molecule has 0 radical (unpaired) electrons. The van der Waals surface area contributed by atoms with Crippen LogP contribution in [0.15, 0.2) is 40.0 Å². The summed E-state index contributed by atoms with van der Waals surface area (Å²) in [5, 5.41) is 4.03. The molecule has 0 fully saturated rings. The van der Waals surface area contributed by atoms with Gasteiger partial charge in [-0.3, -0.25) is 0 Å². The highest BCUT2D eigenvalue weighted by molar-refractivity contribution is 9.10. The van der Waals surface area contributed by atoms with Crippen LogP contribution in [-0.4, -0.2) is 24.5 Å². The highest BCUT2D eigenvalue weighted by Gasteiger charge is 2.11. The summed E-state index contributed by atoms with van der Waals surface area (Å²) in [5.74, 6) is 0.411. The highest BCUT2D eigenvalue weighted by Crippen LogP contribution is 2.22. The minimum absolute atomic E-state index is 0.194. The zero-order valence-electron chi connectivity index (χ0n) is 9.47. The van der Waals surface area contributed by atoms with Crippen molar-refractivity contribution < 1.29 is 8.42 Å². The Morgan fingerprint density at radius 2 is 2.17 bits per heavy atom. The van der Waals surface area contributed by atoms with Crippen LogP contribution in [0.2, 0.25) is 0 Å². The fraction of sp³-hybridized carbons (Fsp3) is 0.182. The molecule has 0 N–H and O–H groups in total. The van der Waals surface area contributed by atoms with Crippen LogP contribution in [0.1, 0.15) is 5.56 Å². The molecule has 0 saturated carbocycles. The normalized spacial score (nSPS) is 11.7. The third-order valence-corrected chi connectivity index (χ3v) is 4.53. The second-order valence-corrected chi connectivity index (χ2v) is 6.94. The van der Waals surface area contributed by atoms with Crippen LogP contribution < -0.4 is 0 Å². The fourth-order valence-electron chi connectivity index (χ4n) is 1.43. The molecule has 18 heavy (non-hydrogen) atoms. The van der Waals surface area contributed by atoms with Gasteiger partial charge in [-0.2, -0.15) is 5.10 Å². The molecule has 0 saturated heterocycles. The van der Waals surface area contributed by atoms with Crippen LogP contribution in [0, 0.1) is 0 Å². The first-order valence-corrected chi connectivity index (χ1v) is 8.23. The number of halogens is 2. The lowest BCUT2D eigenvalue weighted by Crippen LogP contribution is -1.97. The Kier molecular flexibility index (Phi) is 3.79. The molecule has 0 atom stereocenters. The number of alkyl halides is 1. The number of hydrogen-bond acceptors (Lipinski definition) is 3. The topological polar surface area (TPSA) is 52.0 Å². The summed E-state index contributed by atoms with van der Waals surface area (Å²) >= 11 is 9.17. The standard InChI is InChI=1S/C11H10BrClN2O2S/c1-18(16,17)10-6-14-15(7-10)9-3-2-8(5-13)11(12)4-9/h2-4,6-7H,5H2,1H3. The van der Waals surface area contributed by atoms with Gasteiger partial charge in [0.05, 0.1) is 11.9 Å². The van der Waals surface area contributed by atoms with Gasteiger partial charge in [-0.05, 0) is 17.7 Å². The van der Waals surface area contributed by atoms with Crippen molar-refractivity contribution in [3.05, 3.63) is 40.6 Å². The first-order valence-electron chi connectivity index (χ1n) is 5.01. The summed E-state index contributed by atoms with van der Waals surface area (Å²) in [7, 11) is -3.23. The third-order valence-electron chi connectivity index (χ3n) is 2.43. The van der Waals surface area contributed by atoms with Crippen molar-refractivity contribution in [1.82, 2.24) is 9.78 Å². The Hall–Kier alpha value is -0.850. The fourth-order valence-corrected chi connectivity index (χ4v) is 2.86. The Balaban J connectivity index is 2.44. The zero-order chi connectivity index (χ0) is 13.3. The SMILES string of the molecule is CS(=O)(=O)c1cnn(-c2ccc(CCl)c(Br)c2)c1. The largest absolute Gasteiger partial charge is 0.240 e. The molecular weight excluding hydrogens is 340 g/mol. The van der Waals surface area contributed by atoms with Gasteiger partial charge >= 0.3 is 0 Å². The lowest BCUT2D eigenvalue weighted by Gasteiger charge is -2.04. The maximum atomic E-state index is 11.4. The molecule has 0 unspecified atom stereocenters. The Morgan fingerprint density at radius 1 is 1.44 bits per heavy atom. The smallest absolute Gasteiger partial charge is 0.178 e. The lowest BCUT2D eigenvalue weighted by molar-refractivity contribution is 0.602. The van der Waals surface area contributed by atoms with Crippen LogP contribution in [0.3, 0.4) is 0 Å². The summed E-state index contributed by atoms with van der Waals surface area (Å²) in [6.07, 6.45) is 3.97. The zero-order valence-corrected chi connectivity index (χ0v) is 12.6. The monoisotopic (exact) mass is 348 g/mol. The molecule has 1 aromatic heterocycles. The van der Waals surface area contributed by atoms with E-state index in [1.165, 1.54) is 17.1 Å². The minimum Gasteiger partial charge on any atom is -0.240 e. The van der Waals surface area contributed by atoms with Crippen molar-refractivity contribution in [2.24, 2.45) is 0 Å². The second-order valence-electron chi connectivity index (χ2n) is 3.80. The predicted octanol–water partition coefficient (Wildman–Crippen LogP) is 2.78. The van der Waals surface area contributed by atoms with Crippen LogP contribution in [-0.2, 0) is 15.7 Å². The van der Waals surface area contributed by atoms with Crippen LogP contribution in [0.4, 0.5) is 0 Å². The van der Waals surface area contributed by atoms with Crippen LogP contribution >= 0.6 is 27.5 Å². The van der Waals surface area contributed by atoms with Gasteiger partial charge < -0.3 is 0 Å². The molecule has 0 spiro atoms. The molecule has 0 aliphatic heterocycles. The average Bonchev–Trinajstić information content (AvgIpc) is 2.77. The van der Waals surface area contributed by atoms with E-state index in [0.717, 1.165) is 22.0 Å². The molecule has 0 bridgehead atoms. The quantitative estimate of drug-likeness (QED) is 0.801. The van der Waals surface area contributed by atoms with Crippen LogP contribution in [0.5, 0.6) is 0 Å². The van der Waals surface area contributed by atoms with E-state index in [4.69, 9.17) is 11.6 Å². The van der Waals surface area contributed by atoms with Crippen molar-refractivity contribution in [1.29, 1.82) is 0 Å². The van der Waals surface area contributed by atoms with Gasteiger partial charge in [0.25, 0.3) is 0 Å². The first-order chi connectivity index (χ1) is 8.41. The van der Waals surface area contributed by atoms with E-state index in [0.29, 0.717) is 5.88 Å².